The Labute approximate surface area is 185 Å². The Morgan fingerprint density at radius 3 is 2.70 bits per heavy atom. The first kappa shape index (κ1) is 21.7. The summed E-state index contributed by atoms with van der Waals surface area (Å²) in [4.78, 5) is 55.5. The molecule has 2 amide bonds. The molecule has 0 bridgehead atoms. The summed E-state index contributed by atoms with van der Waals surface area (Å²) >= 11 is 0. The van der Waals surface area contributed by atoms with Gasteiger partial charge >= 0.3 is 11.7 Å². The van der Waals surface area contributed by atoms with Crippen LogP contribution in [0, 0.1) is 0 Å². The molecule has 12 heteroatoms. The van der Waals surface area contributed by atoms with Gasteiger partial charge in [0.05, 0.1) is 17.6 Å². The minimum absolute atomic E-state index is 0.116. The number of benzene rings is 1. The molecular formula is C21H20N6O6. The quantitative estimate of drug-likeness (QED) is 0.376. The highest BCUT2D eigenvalue weighted by Gasteiger charge is 2.19. The first-order valence-electron chi connectivity index (χ1n) is 9.93. The van der Waals surface area contributed by atoms with Gasteiger partial charge in [0, 0.05) is 33.3 Å². The number of hydrogen-bond acceptors (Lipinski definition) is 7. The summed E-state index contributed by atoms with van der Waals surface area (Å²) < 4.78 is 8.10. The lowest BCUT2D eigenvalue weighted by molar-refractivity contribution is -0.138. The van der Waals surface area contributed by atoms with E-state index in [1.165, 1.54) is 10.9 Å². The van der Waals surface area contributed by atoms with Crippen molar-refractivity contribution in [3.8, 4) is 0 Å². The molecule has 0 aliphatic rings. The van der Waals surface area contributed by atoms with E-state index in [4.69, 9.17) is 9.52 Å². The van der Waals surface area contributed by atoms with Crippen LogP contribution in [0.5, 0.6) is 0 Å². The van der Waals surface area contributed by atoms with Crippen LogP contribution in [0.3, 0.4) is 0 Å². The summed E-state index contributed by atoms with van der Waals surface area (Å²) in [6.07, 6.45) is 2.33. The average molecular weight is 452 g/mol. The van der Waals surface area contributed by atoms with E-state index in [0.717, 1.165) is 5.56 Å². The minimum atomic E-state index is -1.07. The lowest BCUT2D eigenvalue weighted by Crippen LogP contribution is -2.24. The van der Waals surface area contributed by atoms with Crippen molar-refractivity contribution in [1.82, 2.24) is 24.4 Å². The van der Waals surface area contributed by atoms with Crippen molar-refractivity contribution >= 4 is 45.6 Å². The number of aryl methyl sites for hydroxylation is 2. The number of amides is 2. The van der Waals surface area contributed by atoms with Crippen molar-refractivity contribution in [3.63, 3.8) is 0 Å². The molecule has 3 aromatic heterocycles. The second-order valence-corrected chi connectivity index (χ2v) is 7.43. The predicted octanol–water partition coefficient (Wildman–Crippen LogP) is 1.15. The molecule has 0 fully saturated rings. The minimum Gasteiger partial charge on any atom is -0.481 e. The van der Waals surface area contributed by atoms with E-state index in [9.17, 15) is 19.2 Å². The summed E-state index contributed by atoms with van der Waals surface area (Å²) in [5, 5.41) is 14.2. The summed E-state index contributed by atoms with van der Waals surface area (Å²) in [6, 6.07) is 5.16. The molecular weight excluding hydrogens is 432 g/mol. The van der Waals surface area contributed by atoms with Crippen molar-refractivity contribution < 1.29 is 23.9 Å². The van der Waals surface area contributed by atoms with Gasteiger partial charge in [0.25, 0.3) is 5.91 Å². The SMILES string of the molecule is Cn1cc(NC(=O)CCC(=O)O)c2ncnc(C(=O)NCc3ccc4oc(=O)n(C)c4c3)c21. The molecule has 4 aromatic rings. The molecule has 0 radical (unpaired) electrons. The van der Waals surface area contributed by atoms with Gasteiger partial charge in [-0.15, -0.1) is 0 Å². The van der Waals surface area contributed by atoms with Crippen LogP contribution in [0.15, 0.2) is 39.9 Å². The normalized spacial score (nSPS) is 11.1. The van der Waals surface area contributed by atoms with E-state index >= 15 is 0 Å². The van der Waals surface area contributed by atoms with Crippen LogP contribution in [0.2, 0.25) is 0 Å². The summed E-state index contributed by atoms with van der Waals surface area (Å²) in [5.41, 5.74) is 3.07. The second kappa shape index (κ2) is 8.57. The topological polar surface area (TPSA) is 161 Å². The van der Waals surface area contributed by atoms with Crippen LogP contribution in [0.1, 0.15) is 28.9 Å². The van der Waals surface area contributed by atoms with E-state index in [-0.39, 0.29) is 25.1 Å². The number of nitrogens with one attached hydrogen (secondary N) is 2. The Bertz CT molecular complexity index is 1460. The largest absolute Gasteiger partial charge is 0.481 e. The zero-order valence-electron chi connectivity index (χ0n) is 17.8. The molecule has 0 aliphatic heterocycles. The maximum Gasteiger partial charge on any atom is 0.419 e. The molecule has 0 aliphatic carbocycles. The van der Waals surface area contributed by atoms with Crippen LogP contribution in [-0.2, 0) is 30.2 Å². The first-order chi connectivity index (χ1) is 15.7. The number of carbonyl (C=O) groups excluding carboxylic acids is 2. The molecule has 0 spiro atoms. The third-order valence-electron chi connectivity index (χ3n) is 5.12. The Balaban J connectivity index is 1.54. The van der Waals surface area contributed by atoms with E-state index in [1.54, 1.807) is 43.1 Å². The number of hydrogen-bond donors (Lipinski definition) is 3. The zero-order chi connectivity index (χ0) is 23.7. The highest BCUT2D eigenvalue weighted by Crippen LogP contribution is 2.25. The van der Waals surface area contributed by atoms with Gasteiger partial charge < -0.3 is 24.7 Å². The van der Waals surface area contributed by atoms with Crippen molar-refractivity contribution in [2.24, 2.45) is 14.1 Å². The molecule has 170 valence electrons. The van der Waals surface area contributed by atoms with Crippen molar-refractivity contribution in [1.29, 1.82) is 0 Å². The standard InChI is InChI=1S/C21H20N6O6/c1-26-9-12(25-15(28)5-6-16(29)30)17-19(26)18(24-10-23-17)20(31)22-8-11-3-4-14-13(7-11)27(2)21(32)33-14/h3-4,7,9-10H,5-6,8H2,1-2H3,(H,22,31)(H,25,28)(H,29,30). The number of carbonyl (C=O) groups is 3. The number of anilines is 1. The number of carboxylic acids is 1. The number of nitrogens with zero attached hydrogens (tertiary/aromatic N) is 4. The lowest BCUT2D eigenvalue weighted by atomic mass is 10.2. The highest BCUT2D eigenvalue weighted by molar-refractivity contribution is 6.08. The van der Waals surface area contributed by atoms with Crippen LogP contribution in [-0.4, -0.2) is 42.0 Å². The van der Waals surface area contributed by atoms with E-state index in [2.05, 4.69) is 20.6 Å². The van der Waals surface area contributed by atoms with Gasteiger partial charge in [-0.2, -0.15) is 0 Å². The number of carboxylic acid groups (broad SMARTS) is 1. The van der Waals surface area contributed by atoms with Gasteiger partial charge in [0.2, 0.25) is 5.91 Å². The molecule has 33 heavy (non-hydrogen) atoms. The molecule has 0 unspecified atom stereocenters. The predicted molar refractivity (Wildman–Crippen MR) is 117 cm³/mol. The van der Waals surface area contributed by atoms with Gasteiger partial charge in [0.15, 0.2) is 11.3 Å². The molecule has 12 nitrogen and oxygen atoms in total. The molecule has 3 N–H and O–H groups in total. The molecule has 0 saturated heterocycles. The Kier molecular flexibility index (Phi) is 5.65. The molecule has 1 aromatic carbocycles. The molecule has 0 atom stereocenters. The number of oxazole rings is 1. The Morgan fingerprint density at radius 1 is 1.15 bits per heavy atom. The monoisotopic (exact) mass is 452 g/mol. The smallest absolute Gasteiger partial charge is 0.419 e. The fourth-order valence-electron chi connectivity index (χ4n) is 3.47. The van der Waals surface area contributed by atoms with Gasteiger partial charge in [-0.1, -0.05) is 6.07 Å². The van der Waals surface area contributed by atoms with Crippen LogP contribution in [0.25, 0.3) is 22.1 Å². The van der Waals surface area contributed by atoms with Crippen LogP contribution in [0.4, 0.5) is 5.69 Å². The van der Waals surface area contributed by atoms with Crippen LogP contribution >= 0.6 is 0 Å². The van der Waals surface area contributed by atoms with Crippen molar-refractivity contribution in [3.05, 3.63) is 52.5 Å². The fourth-order valence-corrected chi connectivity index (χ4v) is 3.47. The Morgan fingerprint density at radius 2 is 1.94 bits per heavy atom. The van der Waals surface area contributed by atoms with Gasteiger partial charge in [0.1, 0.15) is 17.4 Å². The number of fused-ring (bicyclic) bond motifs is 2. The Hall–Kier alpha value is -4.48. The maximum absolute atomic E-state index is 12.9. The third kappa shape index (κ3) is 4.31. The number of rotatable bonds is 7. The van der Waals surface area contributed by atoms with Crippen molar-refractivity contribution in [2.45, 2.75) is 19.4 Å². The summed E-state index contributed by atoms with van der Waals surface area (Å²) in [6.45, 7) is 0.183. The van der Waals surface area contributed by atoms with E-state index < -0.39 is 23.5 Å². The third-order valence-corrected chi connectivity index (χ3v) is 5.12. The van der Waals surface area contributed by atoms with Gasteiger partial charge in [-0.05, 0) is 17.7 Å². The van der Waals surface area contributed by atoms with E-state index in [1.807, 2.05) is 0 Å². The van der Waals surface area contributed by atoms with Crippen molar-refractivity contribution in [2.75, 3.05) is 5.32 Å². The van der Waals surface area contributed by atoms with Crippen LogP contribution < -0.4 is 16.4 Å². The number of aliphatic carboxylic acids is 1. The molecule has 0 saturated carbocycles. The van der Waals surface area contributed by atoms with E-state index in [0.29, 0.717) is 27.8 Å². The maximum atomic E-state index is 12.9. The van der Waals surface area contributed by atoms with Gasteiger partial charge in [-0.25, -0.2) is 14.8 Å². The lowest BCUT2D eigenvalue weighted by Gasteiger charge is -2.07. The zero-order valence-corrected chi connectivity index (χ0v) is 17.8. The fraction of sp³-hybridized carbons (Fsp3) is 0.238. The highest BCUT2D eigenvalue weighted by atomic mass is 16.4. The van der Waals surface area contributed by atoms with Gasteiger partial charge in [-0.3, -0.25) is 19.0 Å². The number of aromatic nitrogens is 4. The molecule has 3 heterocycles. The first-order valence-corrected chi connectivity index (χ1v) is 9.93. The second-order valence-electron chi connectivity index (χ2n) is 7.43. The summed E-state index contributed by atoms with van der Waals surface area (Å²) in [7, 11) is 3.28. The average Bonchev–Trinajstić information content (AvgIpc) is 3.26. The molecule has 4 rings (SSSR count). The summed E-state index contributed by atoms with van der Waals surface area (Å²) in [5.74, 6) is -2.46.